The van der Waals surface area contributed by atoms with Crippen LogP contribution < -0.4 is 16.4 Å². The molecule has 0 spiro atoms. The molecule has 0 N–H and O–H groups in total. The van der Waals surface area contributed by atoms with Gasteiger partial charge in [-0.15, -0.1) is 11.5 Å². The number of aromatic nitrogens is 1. The van der Waals surface area contributed by atoms with Gasteiger partial charge in [-0.05, 0) is 31.1 Å². The van der Waals surface area contributed by atoms with Gasteiger partial charge in [-0.2, -0.15) is 10.5 Å². The Balaban J connectivity index is 1.87. The molecule has 4 unspecified atom stereocenters. The first-order valence-electron chi connectivity index (χ1n) is 6.71. The lowest BCUT2D eigenvalue weighted by molar-refractivity contribution is 0.546. The number of fused-ring (bicyclic) bond motifs is 5. The van der Waals surface area contributed by atoms with Crippen LogP contribution in [0.25, 0.3) is 0 Å². The van der Waals surface area contributed by atoms with Gasteiger partial charge < -0.3 is 4.90 Å². The normalized spacial score (nSPS) is 32.6. The summed E-state index contributed by atoms with van der Waals surface area (Å²) >= 11 is 0. The summed E-state index contributed by atoms with van der Waals surface area (Å²) in [4.78, 5) is 5.50. The molecular weight excluding hydrogens is 252 g/mol. The minimum Gasteiger partial charge on any atom is -0.358 e. The fourth-order valence-corrected chi connectivity index (χ4v) is 4.26. The number of hydrogen-bond acceptors (Lipinski definition) is 4. The Morgan fingerprint density at radius 2 is 1.45 bits per heavy atom. The molecule has 1 aromatic heterocycles. The van der Waals surface area contributed by atoms with E-state index in [1.807, 2.05) is 17.0 Å². The Labute approximate surface area is 116 Å². The maximum atomic E-state index is 9.75. The van der Waals surface area contributed by atoms with Gasteiger partial charge in [-0.1, -0.05) is 0 Å². The lowest BCUT2D eigenvalue weighted by Gasteiger charge is -2.16. The molecule has 2 bridgehead atoms. The average Bonchev–Trinajstić information content (AvgIpc) is 2.84. The number of hydrogen-bond donors (Lipinski definition) is 0. The molecule has 96 valence electrons. The molecule has 3 aliphatic rings. The number of piperidine rings is 1. The van der Waals surface area contributed by atoms with Crippen LogP contribution in [0.3, 0.4) is 0 Å². The molecule has 20 heavy (non-hydrogen) atoms. The van der Waals surface area contributed by atoms with Gasteiger partial charge in [-0.3, -0.25) is 0 Å². The second-order valence-corrected chi connectivity index (χ2v) is 5.80. The van der Waals surface area contributed by atoms with Crippen molar-refractivity contribution in [3.05, 3.63) is 11.1 Å². The van der Waals surface area contributed by atoms with Crippen LogP contribution >= 0.6 is 0 Å². The zero-order chi connectivity index (χ0) is 14.0. The Morgan fingerprint density at radius 1 is 0.950 bits per heavy atom. The number of anilines is 1. The van der Waals surface area contributed by atoms with Crippen LogP contribution in [0.2, 0.25) is 0 Å². The van der Waals surface area contributed by atoms with Crippen molar-refractivity contribution in [2.45, 2.75) is 31.3 Å². The highest BCUT2D eigenvalue weighted by Crippen LogP contribution is 2.60. The molecule has 4 radical (unpaired) electrons. The monoisotopic (exact) mass is 262 g/mol. The molecular formula is C14H10N6. The van der Waals surface area contributed by atoms with E-state index in [1.165, 1.54) is 19.3 Å². The maximum absolute atomic E-state index is 9.75. The van der Waals surface area contributed by atoms with Gasteiger partial charge in [0.15, 0.2) is 11.6 Å². The van der Waals surface area contributed by atoms with Crippen molar-refractivity contribution in [3.63, 3.8) is 0 Å². The molecule has 2 saturated carbocycles. The molecule has 6 heteroatoms. The Bertz CT molecular complexity index is 643. The number of nitriles is 2. The largest absolute Gasteiger partial charge is 0.358 e. The van der Waals surface area contributed by atoms with E-state index in [0.717, 1.165) is 0 Å². The van der Waals surface area contributed by atoms with Gasteiger partial charge in [-0.25, -0.2) is 4.98 Å². The van der Waals surface area contributed by atoms with Crippen LogP contribution in [0.1, 0.15) is 30.4 Å². The summed E-state index contributed by atoms with van der Waals surface area (Å²) in [6.07, 6.45) is 3.60. The van der Waals surface area contributed by atoms with Gasteiger partial charge in [0.05, 0.1) is 17.8 Å². The van der Waals surface area contributed by atoms with E-state index in [-0.39, 0.29) is 11.1 Å². The molecule has 4 atom stereocenters. The highest BCUT2D eigenvalue weighted by Gasteiger charge is 2.64. The average molecular weight is 262 g/mol. The van der Waals surface area contributed by atoms with Gasteiger partial charge >= 0.3 is 0 Å². The molecule has 6 nitrogen and oxygen atoms in total. The van der Waals surface area contributed by atoms with E-state index in [4.69, 9.17) is 0 Å². The maximum Gasteiger partial charge on any atom is 0.196 e. The van der Waals surface area contributed by atoms with Crippen LogP contribution in [0.4, 0.5) is 17.3 Å². The molecule has 4 rings (SSSR count). The van der Waals surface area contributed by atoms with E-state index < -0.39 is 11.6 Å². The molecule has 1 aliphatic heterocycles. The zero-order valence-electron chi connectivity index (χ0n) is 10.6. The summed E-state index contributed by atoms with van der Waals surface area (Å²) < 4.78 is 0. The van der Waals surface area contributed by atoms with Crippen LogP contribution in [0.5, 0.6) is 0 Å². The molecule has 0 aromatic carbocycles. The molecule has 1 aromatic rings. The van der Waals surface area contributed by atoms with Crippen molar-refractivity contribution in [1.29, 1.82) is 10.5 Å². The highest BCUT2D eigenvalue weighted by atomic mass is 15.4. The van der Waals surface area contributed by atoms with Gasteiger partial charge in [0.2, 0.25) is 0 Å². The third-order valence-corrected chi connectivity index (χ3v) is 5.00. The molecule has 2 heterocycles. The van der Waals surface area contributed by atoms with Crippen molar-refractivity contribution >= 4 is 17.3 Å². The Hall–Kier alpha value is -2.47. The standard InChI is InChI=1S/C14H10N6/c15-4-8-12(9(5-16)14(18)19-13(8)17)20-10-6-1-2-7(3-6)11(10)20/h6-7,10-11H,1-3H2. The second kappa shape index (κ2) is 3.55. The van der Waals surface area contributed by atoms with Gasteiger partial charge in [0.1, 0.15) is 23.3 Å². The van der Waals surface area contributed by atoms with Crippen molar-refractivity contribution in [2.24, 2.45) is 11.8 Å². The third kappa shape index (κ3) is 1.19. The summed E-state index contributed by atoms with van der Waals surface area (Å²) in [5, 5.41) is 18.5. The predicted octanol–water partition coefficient (Wildman–Crippen LogP) is 1.21. The minimum atomic E-state index is -0.503. The van der Waals surface area contributed by atoms with Gasteiger partial charge in [0.25, 0.3) is 0 Å². The zero-order valence-corrected chi connectivity index (χ0v) is 10.6. The number of pyridine rings is 1. The van der Waals surface area contributed by atoms with Crippen LogP contribution in [-0.2, 0) is 0 Å². The summed E-state index contributed by atoms with van der Waals surface area (Å²) in [6, 6.07) is 4.53. The first-order chi connectivity index (χ1) is 9.67. The van der Waals surface area contributed by atoms with Crippen molar-refractivity contribution in [1.82, 2.24) is 16.5 Å². The van der Waals surface area contributed by atoms with E-state index in [0.29, 0.717) is 29.6 Å². The Kier molecular flexibility index (Phi) is 2.01. The topological polar surface area (TPSA) is 108 Å². The summed E-state index contributed by atoms with van der Waals surface area (Å²) in [7, 11) is 0. The van der Waals surface area contributed by atoms with Crippen LogP contribution in [0.15, 0.2) is 0 Å². The highest BCUT2D eigenvalue weighted by molar-refractivity contribution is 5.81. The van der Waals surface area contributed by atoms with Crippen molar-refractivity contribution < 1.29 is 0 Å². The SMILES string of the molecule is [N]c1nc([N])c(C#N)c(N2C3C4CCC(C4)C32)c1C#N. The third-order valence-electron chi connectivity index (χ3n) is 5.00. The summed E-state index contributed by atoms with van der Waals surface area (Å²) in [5.74, 6) is 0.216. The minimum absolute atomic E-state index is 0.00634. The molecule has 2 aliphatic carbocycles. The molecule has 1 saturated heterocycles. The van der Waals surface area contributed by atoms with E-state index in [9.17, 15) is 22.0 Å². The quantitative estimate of drug-likeness (QED) is 0.708. The summed E-state index contributed by atoms with van der Waals surface area (Å²) in [5.41, 5.74) is 19.9. The molecule has 3 fully saturated rings. The Morgan fingerprint density at radius 3 is 1.90 bits per heavy atom. The number of rotatable bonds is 1. The predicted molar refractivity (Wildman–Crippen MR) is 68.1 cm³/mol. The summed E-state index contributed by atoms with van der Waals surface area (Å²) in [6.45, 7) is 0. The van der Waals surface area contributed by atoms with E-state index in [2.05, 4.69) is 4.98 Å². The lowest BCUT2D eigenvalue weighted by atomic mass is 10.0. The van der Waals surface area contributed by atoms with Crippen LogP contribution in [-0.4, -0.2) is 17.1 Å². The smallest absolute Gasteiger partial charge is 0.196 e. The fourth-order valence-electron chi connectivity index (χ4n) is 4.26. The van der Waals surface area contributed by atoms with E-state index in [1.54, 1.807) is 0 Å². The number of nitrogens with zero attached hydrogens (tertiary/aromatic N) is 6. The lowest BCUT2D eigenvalue weighted by Crippen LogP contribution is -2.14. The van der Waals surface area contributed by atoms with E-state index >= 15 is 0 Å². The first kappa shape index (κ1) is 11.4. The molecule has 0 amide bonds. The van der Waals surface area contributed by atoms with Gasteiger partial charge in [0, 0.05) is 0 Å². The second-order valence-electron chi connectivity index (χ2n) is 5.80. The van der Waals surface area contributed by atoms with Crippen molar-refractivity contribution in [2.75, 3.05) is 4.90 Å². The first-order valence-corrected chi connectivity index (χ1v) is 6.71. The van der Waals surface area contributed by atoms with Crippen molar-refractivity contribution in [3.8, 4) is 12.1 Å². The van der Waals surface area contributed by atoms with Crippen LogP contribution in [0, 0.1) is 34.5 Å². The fraction of sp³-hybridized carbons (Fsp3) is 0.500.